The molecular formula is C17H26O5. The Morgan fingerprint density at radius 2 is 1.77 bits per heavy atom. The van der Waals surface area contributed by atoms with Gasteiger partial charge in [0.15, 0.2) is 6.10 Å². The lowest BCUT2D eigenvalue weighted by atomic mass is 10.0. The summed E-state index contributed by atoms with van der Waals surface area (Å²) in [7, 11) is 0. The van der Waals surface area contributed by atoms with Gasteiger partial charge in [-0.3, -0.25) is 0 Å². The smallest absolute Gasteiger partial charge is 0.338 e. The Morgan fingerprint density at radius 3 is 2.36 bits per heavy atom. The SMILES string of the molecule is CCCCCCOc1ccc(C(O)C(O)C(=O)OCC)cc1. The molecule has 0 fully saturated rings. The number of hydrogen-bond donors (Lipinski definition) is 2. The maximum atomic E-state index is 11.4. The van der Waals surface area contributed by atoms with Crippen molar-refractivity contribution in [2.24, 2.45) is 0 Å². The van der Waals surface area contributed by atoms with Crippen LogP contribution in [-0.2, 0) is 9.53 Å². The van der Waals surface area contributed by atoms with Crippen LogP contribution >= 0.6 is 0 Å². The second kappa shape index (κ2) is 10.2. The minimum atomic E-state index is -1.58. The number of aliphatic hydroxyl groups excluding tert-OH is 2. The van der Waals surface area contributed by atoms with E-state index in [9.17, 15) is 15.0 Å². The third kappa shape index (κ3) is 6.03. The van der Waals surface area contributed by atoms with Crippen LogP contribution in [0.1, 0.15) is 51.2 Å². The number of ether oxygens (including phenoxy) is 2. The average Bonchev–Trinajstić information content (AvgIpc) is 2.54. The van der Waals surface area contributed by atoms with E-state index in [0.29, 0.717) is 17.9 Å². The van der Waals surface area contributed by atoms with Crippen LogP contribution in [0.2, 0.25) is 0 Å². The molecule has 0 aromatic heterocycles. The first-order valence-corrected chi connectivity index (χ1v) is 7.85. The summed E-state index contributed by atoms with van der Waals surface area (Å²) in [5.41, 5.74) is 0.443. The molecule has 0 aliphatic heterocycles. The molecule has 0 heterocycles. The number of hydrogen-bond acceptors (Lipinski definition) is 5. The lowest BCUT2D eigenvalue weighted by Gasteiger charge is -2.17. The second-order valence-electron chi connectivity index (χ2n) is 5.12. The lowest BCUT2D eigenvalue weighted by Crippen LogP contribution is -2.29. The van der Waals surface area contributed by atoms with E-state index in [1.807, 2.05) is 0 Å². The van der Waals surface area contributed by atoms with E-state index < -0.39 is 18.2 Å². The highest BCUT2D eigenvalue weighted by atomic mass is 16.5. The largest absolute Gasteiger partial charge is 0.494 e. The van der Waals surface area contributed by atoms with Crippen LogP contribution in [0.3, 0.4) is 0 Å². The van der Waals surface area contributed by atoms with Gasteiger partial charge in [-0.05, 0) is 31.0 Å². The molecule has 0 radical (unpaired) electrons. The van der Waals surface area contributed by atoms with E-state index in [1.54, 1.807) is 31.2 Å². The third-order valence-corrected chi connectivity index (χ3v) is 3.32. The summed E-state index contributed by atoms with van der Waals surface area (Å²) in [5, 5.41) is 19.7. The second-order valence-corrected chi connectivity index (χ2v) is 5.12. The summed E-state index contributed by atoms with van der Waals surface area (Å²) >= 11 is 0. The summed E-state index contributed by atoms with van der Waals surface area (Å²) < 4.78 is 10.3. The van der Waals surface area contributed by atoms with E-state index in [-0.39, 0.29) is 6.61 Å². The van der Waals surface area contributed by atoms with Gasteiger partial charge in [0.05, 0.1) is 13.2 Å². The zero-order valence-electron chi connectivity index (χ0n) is 13.3. The van der Waals surface area contributed by atoms with Crippen molar-refractivity contribution in [3.05, 3.63) is 29.8 Å². The maximum Gasteiger partial charge on any atom is 0.338 e. The van der Waals surface area contributed by atoms with E-state index in [2.05, 4.69) is 11.7 Å². The van der Waals surface area contributed by atoms with Crippen molar-refractivity contribution < 1.29 is 24.5 Å². The Labute approximate surface area is 131 Å². The number of aliphatic hydroxyl groups is 2. The first kappa shape index (κ1) is 18.5. The molecule has 1 rings (SSSR count). The maximum absolute atomic E-state index is 11.4. The minimum absolute atomic E-state index is 0.160. The van der Waals surface area contributed by atoms with Crippen LogP contribution < -0.4 is 4.74 Å². The Balaban J connectivity index is 2.48. The molecule has 0 bridgehead atoms. The summed E-state index contributed by atoms with van der Waals surface area (Å²) in [4.78, 5) is 11.4. The fourth-order valence-electron chi connectivity index (χ4n) is 2.02. The standard InChI is InChI=1S/C17H26O5/c1-3-5-6-7-12-22-14-10-8-13(9-11-14)15(18)16(19)17(20)21-4-2/h8-11,15-16,18-19H,3-7,12H2,1-2H3. The predicted octanol–water partition coefficient (Wildman–Crippen LogP) is 2.60. The van der Waals surface area contributed by atoms with Crippen LogP contribution in [0.4, 0.5) is 0 Å². The van der Waals surface area contributed by atoms with Crippen LogP contribution in [0.25, 0.3) is 0 Å². The number of unbranched alkanes of at least 4 members (excludes halogenated alkanes) is 3. The van der Waals surface area contributed by atoms with Crippen molar-refractivity contribution >= 4 is 5.97 Å². The van der Waals surface area contributed by atoms with Crippen molar-refractivity contribution in [2.75, 3.05) is 13.2 Å². The van der Waals surface area contributed by atoms with Crippen LogP contribution in [-0.4, -0.2) is 35.5 Å². The molecule has 0 amide bonds. The molecule has 124 valence electrons. The molecule has 0 saturated carbocycles. The van der Waals surface area contributed by atoms with Crippen molar-refractivity contribution in [1.29, 1.82) is 0 Å². The normalized spacial score (nSPS) is 13.5. The van der Waals surface area contributed by atoms with Gasteiger partial charge in [-0.2, -0.15) is 0 Å². The fourth-order valence-corrected chi connectivity index (χ4v) is 2.02. The van der Waals surface area contributed by atoms with E-state index in [1.165, 1.54) is 12.8 Å². The molecule has 22 heavy (non-hydrogen) atoms. The molecule has 1 aromatic carbocycles. The van der Waals surface area contributed by atoms with Crippen LogP contribution in [0.15, 0.2) is 24.3 Å². The average molecular weight is 310 g/mol. The zero-order chi connectivity index (χ0) is 16.4. The first-order valence-electron chi connectivity index (χ1n) is 7.85. The Bertz CT molecular complexity index is 429. The van der Waals surface area contributed by atoms with Gasteiger partial charge in [0.2, 0.25) is 0 Å². The topological polar surface area (TPSA) is 76.0 Å². The van der Waals surface area contributed by atoms with Crippen molar-refractivity contribution in [1.82, 2.24) is 0 Å². The first-order chi connectivity index (χ1) is 10.6. The molecule has 2 atom stereocenters. The highest BCUT2D eigenvalue weighted by Gasteiger charge is 2.26. The zero-order valence-corrected chi connectivity index (χ0v) is 13.3. The van der Waals surface area contributed by atoms with Gasteiger partial charge < -0.3 is 19.7 Å². The van der Waals surface area contributed by atoms with E-state index >= 15 is 0 Å². The minimum Gasteiger partial charge on any atom is -0.494 e. The molecule has 1 aromatic rings. The number of carbonyl (C=O) groups is 1. The van der Waals surface area contributed by atoms with Crippen molar-refractivity contribution in [3.63, 3.8) is 0 Å². The van der Waals surface area contributed by atoms with Gasteiger partial charge in [-0.1, -0.05) is 38.3 Å². The molecular weight excluding hydrogens is 284 g/mol. The molecule has 0 aliphatic carbocycles. The highest BCUT2D eigenvalue weighted by molar-refractivity contribution is 5.75. The summed E-state index contributed by atoms with van der Waals surface area (Å²) in [6, 6.07) is 6.70. The van der Waals surface area contributed by atoms with Gasteiger partial charge in [0, 0.05) is 0 Å². The molecule has 0 aliphatic rings. The van der Waals surface area contributed by atoms with Gasteiger partial charge in [0.1, 0.15) is 11.9 Å². The molecule has 5 nitrogen and oxygen atoms in total. The van der Waals surface area contributed by atoms with E-state index in [4.69, 9.17) is 4.74 Å². The van der Waals surface area contributed by atoms with Gasteiger partial charge in [0.25, 0.3) is 0 Å². The molecule has 0 spiro atoms. The molecule has 2 N–H and O–H groups in total. The Kier molecular flexibility index (Phi) is 8.55. The predicted molar refractivity (Wildman–Crippen MR) is 83.7 cm³/mol. The summed E-state index contributed by atoms with van der Waals surface area (Å²) in [6.07, 6.45) is 1.67. The number of esters is 1. The molecule has 2 unspecified atom stereocenters. The van der Waals surface area contributed by atoms with Gasteiger partial charge in [-0.25, -0.2) is 4.79 Å². The number of benzene rings is 1. The Morgan fingerprint density at radius 1 is 1.09 bits per heavy atom. The lowest BCUT2D eigenvalue weighted by molar-refractivity contribution is -0.159. The quantitative estimate of drug-likeness (QED) is 0.513. The van der Waals surface area contributed by atoms with Crippen LogP contribution in [0.5, 0.6) is 5.75 Å². The highest BCUT2D eigenvalue weighted by Crippen LogP contribution is 2.21. The van der Waals surface area contributed by atoms with Crippen molar-refractivity contribution in [3.8, 4) is 5.75 Å². The number of carbonyl (C=O) groups excluding carboxylic acids is 1. The van der Waals surface area contributed by atoms with Gasteiger partial charge >= 0.3 is 5.97 Å². The summed E-state index contributed by atoms with van der Waals surface area (Å²) in [6.45, 7) is 4.63. The van der Waals surface area contributed by atoms with Gasteiger partial charge in [-0.15, -0.1) is 0 Å². The summed E-state index contributed by atoms with van der Waals surface area (Å²) in [5.74, 6) is -0.121. The van der Waals surface area contributed by atoms with Crippen LogP contribution in [0, 0.1) is 0 Å². The fraction of sp³-hybridized carbons (Fsp3) is 0.588. The van der Waals surface area contributed by atoms with E-state index in [0.717, 1.165) is 12.8 Å². The van der Waals surface area contributed by atoms with Crippen molar-refractivity contribution in [2.45, 2.75) is 51.7 Å². The Hall–Kier alpha value is -1.59. The third-order valence-electron chi connectivity index (χ3n) is 3.32. The monoisotopic (exact) mass is 310 g/mol. The number of rotatable bonds is 10. The molecule has 5 heteroatoms. The molecule has 0 saturated heterocycles.